The molecule has 20 heavy (non-hydrogen) atoms. The van der Waals surface area contributed by atoms with Crippen LogP contribution in [0.25, 0.3) is 0 Å². The molecule has 0 radical (unpaired) electrons. The van der Waals surface area contributed by atoms with Crippen LogP contribution in [0.1, 0.15) is 15.9 Å². The fourth-order valence-corrected chi connectivity index (χ4v) is 2.66. The van der Waals surface area contributed by atoms with Crippen LogP contribution in [-0.4, -0.2) is 27.7 Å². The molecular weight excluding hydrogens is 384 g/mol. The number of carbonyl (C=O) groups excluding carboxylic acids is 1. The molecule has 0 N–H and O–H groups in total. The average molecular weight is 398 g/mol. The van der Waals surface area contributed by atoms with E-state index >= 15 is 0 Å². The van der Waals surface area contributed by atoms with Crippen molar-refractivity contribution in [3.8, 4) is 0 Å². The molecule has 0 bridgehead atoms. The first kappa shape index (κ1) is 15.2. The summed E-state index contributed by atoms with van der Waals surface area (Å²) in [6, 6.07) is 11.8. The van der Waals surface area contributed by atoms with Crippen LogP contribution < -0.4 is 0 Å². The summed E-state index contributed by atoms with van der Waals surface area (Å²) in [4.78, 5) is 18.4. The third-order valence-electron chi connectivity index (χ3n) is 2.81. The number of aromatic nitrogens is 1. The molecule has 0 spiro atoms. The van der Waals surface area contributed by atoms with Gasteiger partial charge in [0, 0.05) is 35.3 Å². The minimum absolute atomic E-state index is 0.0119. The SMILES string of the molecule is O=C(c1cncc(Br)c1)N(CCBr)Cc1ccccc1. The zero-order chi connectivity index (χ0) is 14.4. The number of pyridine rings is 1. The minimum Gasteiger partial charge on any atom is -0.333 e. The van der Waals surface area contributed by atoms with Crippen LogP contribution in [0.15, 0.2) is 53.3 Å². The smallest absolute Gasteiger partial charge is 0.255 e. The molecule has 3 nitrogen and oxygen atoms in total. The third kappa shape index (κ3) is 4.15. The van der Waals surface area contributed by atoms with Gasteiger partial charge in [0.2, 0.25) is 0 Å². The normalized spacial score (nSPS) is 10.3. The lowest BCUT2D eigenvalue weighted by Crippen LogP contribution is -2.32. The summed E-state index contributed by atoms with van der Waals surface area (Å²) in [5.74, 6) is -0.0119. The average Bonchev–Trinajstić information content (AvgIpc) is 2.47. The highest BCUT2D eigenvalue weighted by molar-refractivity contribution is 9.10. The van der Waals surface area contributed by atoms with Crippen LogP contribution in [0, 0.1) is 0 Å². The van der Waals surface area contributed by atoms with Crippen molar-refractivity contribution in [3.63, 3.8) is 0 Å². The van der Waals surface area contributed by atoms with E-state index in [9.17, 15) is 4.79 Å². The quantitative estimate of drug-likeness (QED) is 0.717. The Morgan fingerprint density at radius 3 is 2.60 bits per heavy atom. The van der Waals surface area contributed by atoms with E-state index in [1.165, 1.54) is 0 Å². The highest BCUT2D eigenvalue weighted by Crippen LogP contribution is 2.14. The molecule has 0 aliphatic carbocycles. The summed E-state index contributed by atoms with van der Waals surface area (Å²) in [5.41, 5.74) is 1.71. The summed E-state index contributed by atoms with van der Waals surface area (Å²) in [6.45, 7) is 1.25. The van der Waals surface area contributed by atoms with Crippen molar-refractivity contribution < 1.29 is 4.79 Å². The Kier molecular flexibility index (Phi) is 5.73. The highest BCUT2D eigenvalue weighted by atomic mass is 79.9. The first-order valence-electron chi connectivity index (χ1n) is 6.20. The summed E-state index contributed by atoms with van der Waals surface area (Å²) in [6.07, 6.45) is 3.27. The number of carbonyl (C=O) groups is 1. The maximum atomic E-state index is 12.5. The monoisotopic (exact) mass is 396 g/mol. The number of amides is 1. The predicted molar refractivity (Wildman–Crippen MR) is 86.9 cm³/mol. The Hall–Kier alpha value is -1.20. The zero-order valence-electron chi connectivity index (χ0n) is 10.8. The van der Waals surface area contributed by atoms with Crippen molar-refractivity contribution >= 4 is 37.8 Å². The Bertz CT molecular complexity index is 575. The number of alkyl halides is 1. The molecule has 5 heteroatoms. The van der Waals surface area contributed by atoms with Crippen LogP contribution in [0.2, 0.25) is 0 Å². The van der Waals surface area contributed by atoms with Crippen LogP contribution in [0.5, 0.6) is 0 Å². The van der Waals surface area contributed by atoms with Crippen molar-refractivity contribution in [1.29, 1.82) is 0 Å². The topological polar surface area (TPSA) is 33.2 Å². The van der Waals surface area contributed by atoms with E-state index in [1.807, 2.05) is 35.2 Å². The number of hydrogen-bond donors (Lipinski definition) is 0. The summed E-state index contributed by atoms with van der Waals surface area (Å²) >= 11 is 6.74. The van der Waals surface area contributed by atoms with Crippen LogP contribution in [0.3, 0.4) is 0 Å². The second-order valence-electron chi connectivity index (χ2n) is 4.29. The van der Waals surface area contributed by atoms with Gasteiger partial charge in [-0.3, -0.25) is 9.78 Å². The molecule has 1 amide bonds. The van der Waals surface area contributed by atoms with E-state index in [0.29, 0.717) is 18.7 Å². The Morgan fingerprint density at radius 1 is 1.20 bits per heavy atom. The predicted octanol–water partition coefficient (Wildman–Crippen LogP) is 3.88. The largest absolute Gasteiger partial charge is 0.333 e. The standard InChI is InChI=1S/C15H14Br2N2O/c16-6-7-19(11-12-4-2-1-3-5-12)15(20)13-8-14(17)10-18-9-13/h1-5,8-10H,6-7,11H2. The second kappa shape index (κ2) is 7.55. The van der Waals surface area contributed by atoms with E-state index < -0.39 is 0 Å². The van der Waals surface area contributed by atoms with Gasteiger partial charge in [-0.1, -0.05) is 46.3 Å². The van der Waals surface area contributed by atoms with Gasteiger partial charge in [-0.2, -0.15) is 0 Å². The second-order valence-corrected chi connectivity index (χ2v) is 6.00. The van der Waals surface area contributed by atoms with Gasteiger partial charge in [-0.15, -0.1) is 0 Å². The molecule has 0 saturated heterocycles. The summed E-state index contributed by atoms with van der Waals surface area (Å²) in [7, 11) is 0. The van der Waals surface area contributed by atoms with Gasteiger partial charge in [0.25, 0.3) is 5.91 Å². The molecule has 0 aliphatic rings. The fourth-order valence-electron chi connectivity index (χ4n) is 1.87. The van der Waals surface area contributed by atoms with E-state index in [0.717, 1.165) is 15.4 Å². The van der Waals surface area contributed by atoms with Gasteiger partial charge in [0.05, 0.1) is 5.56 Å². The van der Waals surface area contributed by atoms with Crippen molar-refractivity contribution in [2.45, 2.75) is 6.54 Å². The number of benzene rings is 1. The molecule has 0 aliphatic heterocycles. The lowest BCUT2D eigenvalue weighted by Gasteiger charge is -2.22. The molecule has 2 rings (SSSR count). The first-order valence-corrected chi connectivity index (χ1v) is 8.12. The van der Waals surface area contributed by atoms with Crippen LogP contribution in [0.4, 0.5) is 0 Å². The summed E-state index contributed by atoms with van der Waals surface area (Å²) < 4.78 is 0.807. The first-order chi connectivity index (χ1) is 9.70. The van der Waals surface area contributed by atoms with Gasteiger partial charge in [-0.25, -0.2) is 0 Å². The minimum atomic E-state index is -0.0119. The molecule has 0 unspecified atom stereocenters. The molecule has 104 valence electrons. The molecular formula is C15H14Br2N2O. The molecule has 1 aromatic carbocycles. The van der Waals surface area contributed by atoms with Crippen molar-refractivity contribution in [2.24, 2.45) is 0 Å². The highest BCUT2D eigenvalue weighted by Gasteiger charge is 2.16. The Labute approximate surface area is 135 Å². The van der Waals surface area contributed by atoms with E-state index in [2.05, 4.69) is 36.8 Å². The van der Waals surface area contributed by atoms with E-state index in [-0.39, 0.29) is 5.91 Å². The van der Waals surface area contributed by atoms with Crippen molar-refractivity contribution in [1.82, 2.24) is 9.88 Å². The number of hydrogen-bond acceptors (Lipinski definition) is 2. The number of nitrogens with zero attached hydrogens (tertiary/aromatic N) is 2. The lowest BCUT2D eigenvalue weighted by atomic mass is 10.2. The molecule has 1 aromatic heterocycles. The van der Waals surface area contributed by atoms with Gasteiger partial charge < -0.3 is 4.90 Å². The fraction of sp³-hybridized carbons (Fsp3) is 0.200. The van der Waals surface area contributed by atoms with E-state index in [1.54, 1.807) is 18.5 Å². The van der Waals surface area contributed by atoms with Gasteiger partial charge in [-0.05, 0) is 27.6 Å². The molecule has 0 fully saturated rings. The van der Waals surface area contributed by atoms with Gasteiger partial charge in [0.15, 0.2) is 0 Å². The molecule has 1 heterocycles. The lowest BCUT2D eigenvalue weighted by molar-refractivity contribution is 0.0754. The van der Waals surface area contributed by atoms with Gasteiger partial charge in [0.1, 0.15) is 0 Å². The van der Waals surface area contributed by atoms with Gasteiger partial charge >= 0.3 is 0 Å². The summed E-state index contributed by atoms with van der Waals surface area (Å²) in [5, 5.41) is 0.743. The molecule has 0 saturated carbocycles. The number of rotatable bonds is 5. The third-order valence-corrected chi connectivity index (χ3v) is 3.60. The Morgan fingerprint density at radius 2 is 1.95 bits per heavy atom. The maximum absolute atomic E-state index is 12.5. The Balaban J connectivity index is 2.18. The van der Waals surface area contributed by atoms with Crippen molar-refractivity contribution in [2.75, 3.05) is 11.9 Å². The number of halogens is 2. The van der Waals surface area contributed by atoms with Crippen molar-refractivity contribution in [3.05, 3.63) is 64.4 Å². The molecule has 2 aromatic rings. The van der Waals surface area contributed by atoms with Crippen LogP contribution >= 0.6 is 31.9 Å². The van der Waals surface area contributed by atoms with E-state index in [4.69, 9.17) is 0 Å². The molecule has 0 atom stereocenters. The zero-order valence-corrected chi connectivity index (χ0v) is 14.0. The van der Waals surface area contributed by atoms with Crippen LogP contribution in [-0.2, 0) is 6.54 Å². The maximum Gasteiger partial charge on any atom is 0.255 e.